The van der Waals surface area contributed by atoms with E-state index in [1.54, 1.807) is 6.07 Å². The molecule has 1 atom stereocenters. The molecule has 3 rings (SSSR count). The zero-order valence-corrected chi connectivity index (χ0v) is 14.4. The third kappa shape index (κ3) is 3.60. The van der Waals surface area contributed by atoms with Crippen molar-refractivity contribution in [2.45, 2.75) is 18.6 Å². The summed E-state index contributed by atoms with van der Waals surface area (Å²) in [6.45, 7) is -0.270. The van der Waals surface area contributed by atoms with Crippen molar-refractivity contribution in [2.75, 3.05) is 6.54 Å². The number of hydrogen-bond acceptors (Lipinski definition) is 7. The first-order chi connectivity index (χ1) is 13.1. The van der Waals surface area contributed by atoms with Crippen LogP contribution < -0.4 is 11.1 Å². The van der Waals surface area contributed by atoms with E-state index in [-0.39, 0.29) is 11.5 Å². The zero-order valence-electron chi connectivity index (χ0n) is 14.4. The molecule has 12 heteroatoms. The maximum atomic E-state index is 12.6. The average molecular weight is 390 g/mol. The highest BCUT2D eigenvalue weighted by molar-refractivity contribution is 5.92. The van der Waals surface area contributed by atoms with E-state index in [9.17, 15) is 18.0 Å². The van der Waals surface area contributed by atoms with Crippen molar-refractivity contribution >= 4 is 16.9 Å². The van der Waals surface area contributed by atoms with Crippen LogP contribution in [0.1, 0.15) is 18.2 Å². The Morgan fingerprint density at radius 2 is 2.14 bits per heavy atom. The molecule has 0 saturated carbocycles. The van der Waals surface area contributed by atoms with Gasteiger partial charge in [-0.15, -0.1) is 5.10 Å². The van der Waals surface area contributed by atoms with E-state index in [2.05, 4.69) is 30.5 Å². The summed E-state index contributed by atoms with van der Waals surface area (Å²) in [5.41, 5.74) is 4.43. The van der Waals surface area contributed by atoms with Gasteiger partial charge in [0.2, 0.25) is 5.91 Å². The largest absolute Gasteiger partial charge is 0.401 e. The first-order valence-electron chi connectivity index (χ1n) is 7.83. The molecule has 0 aliphatic carbocycles. The van der Waals surface area contributed by atoms with Crippen LogP contribution in [0.5, 0.6) is 0 Å². The molecule has 0 radical (unpaired) electrons. The number of H-pyrrole nitrogens is 1. The standard InChI is InChI=1S/C16H13F3N8O/c1-15(14(21)28,24-7-16(17,18)19)11-6-25-27-13(26-11)10-5-23-12-9(10)2-8(3-20)4-22-12/h2,4-6,24H,7H2,1H3,(H2,21,28)(H,22,23)/t15-/m0/s1. The molecule has 1 amide bonds. The van der Waals surface area contributed by atoms with Gasteiger partial charge in [0, 0.05) is 23.3 Å². The quantitative estimate of drug-likeness (QED) is 0.592. The van der Waals surface area contributed by atoms with E-state index in [1.807, 2.05) is 6.07 Å². The van der Waals surface area contributed by atoms with Crippen molar-refractivity contribution in [3.05, 3.63) is 35.9 Å². The number of rotatable bonds is 5. The summed E-state index contributed by atoms with van der Waals surface area (Å²) in [6, 6.07) is 3.51. The van der Waals surface area contributed by atoms with Crippen LogP contribution >= 0.6 is 0 Å². The van der Waals surface area contributed by atoms with E-state index in [0.29, 0.717) is 22.2 Å². The second kappa shape index (κ2) is 6.86. The second-order valence-corrected chi connectivity index (χ2v) is 6.06. The maximum Gasteiger partial charge on any atom is 0.401 e. The lowest BCUT2D eigenvalue weighted by Crippen LogP contribution is -2.53. The first-order valence-corrected chi connectivity index (χ1v) is 7.83. The molecule has 0 aliphatic rings. The molecule has 28 heavy (non-hydrogen) atoms. The number of hydrogen-bond donors (Lipinski definition) is 3. The Labute approximate surface area is 155 Å². The number of pyridine rings is 1. The molecular formula is C16H13F3N8O. The van der Waals surface area contributed by atoms with Crippen molar-refractivity contribution in [1.29, 1.82) is 5.26 Å². The number of alkyl halides is 3. The van der Waals surface area contributed by atoms with Gasteiger partial charge in [-0.1, -0.05) is 0 Å². The van der Waals surface area contributed by atoms with Crippen molar-refractivity contribution in [3.8, 4) is 17.5 Å². The Morgan fingerprint density at radius 3 is 2.79 bits per heavy atom. The molecule has 0 spiro atoms. The summed E-state index contributed by atoms with van der Waals surface area (Å²) >= 11 is 0. The predicted octanol–water partition coefficient (Wildman–Crippen LogP) is 1.14. The Kier molecular flexibility index (Phi) is 4.70. The molecule has 0 fully saturated rings. The summed E-state index contributed by atoms with van der Waals surface area (Å²) < 4.78 is 37.8. The van der Waals surface area contributed by atoms with Gasteiger partial charge in [-0.3, -0.25) is 10.1 Å². The molecular weight excluding hydrogens is 377 g/mol. The number of nitrogens with two attached hydrogens (primary N) is 1. The monoisotopic (exact) mass is 390 g/mol. The van der Waals surface area contributed by atoms with Crippen molar-refractivity contribution in [1.82, 2.24) is 30.5 Å². The first kappa shape index (κ1) is 19.2. The topological polar surface area (TPSA) is 146 Å². The van der Waals surface area contributed by atoms with Gasteiger partial charge in [-0.05, 0) is 13.0 Å². The van der Waals surface area contributed by atoms with Gasteiger partial charge in [0.25, 0.3) is 0 Å². The minimum Gasteiger partial charge on any atom is -0.368 e. The molecule has 0 aromatic carbocycles. The van der Waals surface area contributed by atoms with Gasteiger partial charge in [0.05, 0.1) is 24.0 Å². The number of nitriles is 1. The summed E-state index contributed by atoms with van der Waals surface area (Å²) in [6.07, 6.45) is -0.602. The van der Waals surface area contributed by atoms with Crippen LogP contribution in [0.15, 0.2) is 24.7 Å². The summed E-state index contributed by atoms with van der Waals surface area (Å²) in [5.74, 6) is -1.03. The van der Waals surface area contributed by atoms with Crippen molar-refractivity contribution < 1.29 is 18.0 Å². The van der Waals surface area contributed by atoms with Crippen LogP contribution in [0, 0.1) is 11.3 Å². The molecule has 0 saturated heterocycles. The Hall–Kier alpha value is -3.59. The number of carbonyl (C=O) groups is 1. The summed E-state index contributed by atoms with van der Waals surface area (Å²) in [7, 11) is 0. The normalized spacial score (nSPS) is 13.8. The van der Waals surface area contributed by atoms with Crippen LogP contribution in [0.25, 0.3) is 22.4 Å². The van der Waals surface area contributed by atoms with E-state index in [4.69, 9.17) is 11.0 Å². The Balaban J connectivity index is 2.06. The molecule has 144 valence electrons. The maximum absolute atomic E-state index is 12.6. The van der Waals surface area contributed by atoms with E-state index < -0.39 is 24.2 Å². The fourth-order valence-corrected chi connectivity index (χ4v) is 2.49. The van der Waals surface area contributed by atoms with Gasteiger partial charge < -0.3 is 10.7 Å². The molecule has 3 aromatic rings. The molecule has 9 nitrogen and oxygen atoms in total. The molecule has 4 N–H and O–H groups in total. The summed E-state index contributed by atoms with van der Waals surface area (Å²) in [4.78, 5) is 23.0. The SMILES string of the molecule is C[C@@](NCC(F)(F)F)(C(N)=O)c1cnnc(-c2c[nH]c3ncc(C#N)cc23)n1. The molecule has 0 bridgehead atoms. The lowest BCUT2D eigenvalue weighted by Gasteiger charge is -2.27. The average Bonchev–Trinajstić information content (AvgIpc) is 3.08. The van der Waals surface area contributed by atoms with E-state index in [0.717, 1.165) is 6.20 Å². The smallest absolute Gasteiger partial charge is 0.368 e. The van der Waals surface area contributed by atoms with Crippen molar-refractivity contribution in [2.24, 2.45) is 5.73 Å². The predicted molar refractivity (Wildman–Crippen MR) is 90.2 cm³/mol. The Morgan fingerprint density at radius 1 is 1.39 bits per heavy atom. The van der Waals surface area contributed by atoms with Crippen LogP contribution in [0.2, 0.25) is 0 Å². The number of halogens is 3. The Bertz CT molecular complexity index is 1090. The number of aromatic nitrogens is 5. The number of fused-ring (bicyclic) bond motifs is 1. The molecule has 0 unspecified atom stereocenters. The van der Waals surface area contributed by atoms with Crippen molar-refractivity contribution in [3.63, 3.8) is 0 Å². The second-order valence-electron chi connectivity index (χ2n) is 6.06. The van der Waals surface area contributed by atoms with E-state index >= 15 is 0 Å². The molecule has 3 heterocycles. The fourth-order valence-electron chi connectivity index (χ4n) is 2.49. The van der Waals surface area contributed by atoms with Gasteiger partial charge in [0.15, 0.2) is 5.82 Å². The lowest BCUT2D eigenvalue weighted by atomic mass is 9.97. The molecule has 3 aromatic heterocycles. The highest BCUT2D eigenvalue weighted by Gasteiger charge is 2.39. The number of amides is 1. The third-order valence-corrected chi connectivity index (χ3v) is 4.11. The number of nitrogens with zero attached hydrogens (tertiary/aromatic N) is 5. The summed E-state index contributed by atoms with van der Waals surface area (Å²) in [5, 5.41) is 19.3. The third-order valence-electron chi connectivity index (χ3n) is 4.11. The van der Waals surface area contributed by atoms with Gasteiger partial charge in [-0.2, -0.15) is 23.5 Å². The minimum atomic E-state index is -4.56. The van der Waals surface area contributed by atoms with Gasteiger partial charge in [0.1, 0.15) is 17.3 Å². The van der Waals surface area contributed by atoms with Crippen LogP contribution in [-0.4, -0.2) is 43.8 Å². The highest BCUT2D eigenvalue weighted by atomic mass is 19.4. The highest BCUT2D eigenvalue weighted by Crippen LogP contribution is 2.27. The van der Waals surface area contributed by atoms with E-state index in [1.165, 1.54) is 19.3 Å². The van der Waals surface area contributed by atoms with Gasteiger partial charge >= 0.3 is 6.18 Å². The number of nitrogens with one attached hydrogen (secondary N) is 2. The van der Waals surface area contributed by atoms with Crippen LogP contribution in [0.3, 0.4) is 0 Å². The molecule has 0 aliphatic heterocycles. The number of aromatic amines is 1. The zero-order chi connectivity index (χ0) is 20.5. The number of primary amides is 1. The fraction of sp³-hybridized carbons (Fsp3) is 0.250. The van der Waals surface area contributed by atoms with Crippen LogP contribution in [0.4, 0.5) is 13.2 Å². The van der Waals surface area contributed by atoms with Gasteiger partial charge in [-0.25, -0.2) is 9.97 Å². The van der Waals surface area contributed by atoms with Crippen LogP contribution in [-0.2, 0) is 10.3 Å². The minimum absolute atomic E-state index is 0.0296. The number of carbonyl (C=O) groups excluding carboxylic acids is 1. The lowest BCUT2D eigenvalue weighted by molar-refractivity contribution is -0.136.